The monoisotopic (exact) mass is 340 g/mol. The van der Waals surface area contributed by atoms with E-state index in [0.717, 1.165) is 19.4 Å². The molecule has 0 spiro atoms. The summed E-state index contributed by atoms with van der Waals surface area (Å²) < 4.78 is 9.62. The fourth-order valence-electron chi connectivity index (χ4n) is 0.933. The third kappa shape index (κ3) is 32.0. The first-order valence-electron chi connectivity index (χ1n) is 7.89. The molecule has 0 bridgehead atoms. The number of aliphatic carboxylic acids is 1. The van der Waals surface area contributed by atoms with Gasteiger partial charge in [0.05, 0.1) is 19.3 Å². The lowest BCUT2D eigenvalue weighted by Crippen LogP contribution is -2.00. The maximum absolute atomic E-state index is 10.3. The van der Waals surface area contributed by atoms with Crippen molar-refractivity contribution in [3.63, 3.8) is 0 Å². The number of carbonyl (C=O) groups is 2. The molecule has 24 heavy (non-hydrogen) atoms. The van der Waals surface area contributed by atoms with E-state index in [2.05, 4.69) is 43.7 Å². The third-order valence-corrected chi connectivity index (χ3v) is 2.29. The van der Waals surface area contributed by atoms with Gasteiger partial charge in [-0.15, -0.1) is 5.73 Å². The Morgan fingerprint density at radius 2 is 1.79 bits per heavy atom. The molecule has 0 aromatic carbocycles. The Bertz CT molecular complexity index is 377. The molecule has 1 atom stereocenters. The van der Waals surface area contributed by atoms with Crippen LogP contribution in [-0.2, 0) is 19.1 Å². The zero-order valence-corrected chi connectivity index (χ0v) is 15.3. The molecule has 0 aromatic heterocycles. The molecule has 0 radical (unpaired) electrons. The molecule has 0 aliphatic carbocycles. The minimum atomic E-state index is -0.935. The number of epoxide rings is 1. The first-order valence-corrected chi connectivity index (χ1v) is 7.89. The van der Waals surface area contributed by atoms with Crippen molar-refractivity contribution in [3.8, 4) is 0 Å². The molecule has 1 rings (SSSR count). The highest BCUT2D eigenvalue weighted by molar-refractivity contribution is 5.84. The van der Waals surface area contributed by atoms with Crippen LogP contribution in [0.25, 0.3) is 0 Å². The van der Waals surface area contributed by atoms with Gasteiger partial charge in [0, 0.05) is 11.6 Å². The second-order valence-corrected chi connectivity index (χ2v) is 4.80. The smallest absolute Gasteiger partial charge is 0.330 e. The van der Waals surface area contributed by atoms with E-state index in [4.69, 9.17) is 9.84 Å². The number of hydrogen-bond acceptors (Lipinski definition) is 4. The van der Waals surface area contributed by atoms with Crippen molar-refractivity contribution in [2.24, 2.45) is 0 Å². The summed E-state index contributed by atoms with van der Waals surface area (Å²) in [5.41, 5.74) is 2.43. The molecule has 1 fully saturated rings. The number of esters is 1. The van der Waals surface area contributed by atoms with Gasteiger partial charge >= 0.3 is 11.9 Å². The van der Waals surface area contributed by atoms with Crippen molar-refractivity contribution in [2.75, 3.05) is 13.2 Å². The highest BCUT2D eigenvalue weighted by Gasteiger charge is 2.19. The van der Waals surface area contributed by atoms with Gasteiger partial charge in [-0.3, -0.25) is 0 Å². The van der Waals surface area contributed by atoms with E-state index >= 15 is 0 Å². The maximum Gasteiger partial charge on any atom is 0.330 e. The van der Waals surface area contributed by atoms with Crippen LogP contribution in [-0.4, -0.2) is 36.4 Å². The number of carboxylic acid groups (broad SMARTS) is 1. The van der Waals surface area contributed by atoms with E-state index in [1.165, 1.54) is 25.8 Å². The summed E-state index contributed by atoms with van der Waals surface area (Å²) >= 11 is 0. The van der Waals surface area contributed by atoms with Crippen molar-refractivity contribution < 1.29 is 24.2 Å². The Kier molecular flexibility index (Phi) is 23.3. The highest BCUT2D eigenvalue weighted by Crippen LogP contribution is 2.14. The van der Waals surface area contributed by atoms with Crippen LogP contribution in [0, 0.1) is 0 Å². The molecule has 1 unspecified atom stereocenters. The average Bonchev–Trinajstić information content (AvgIpc) is 3.34. The van der Waals surface area contributed by atoms with Gasteiger partial charge in [0.15, 0.2) is 0 Å². The molecule has 138 valence electrons. The average molecular weight is 340 g/mol. The van der Waals surface area contributed by atoms with Crippen LogP contribution in [0.4, 0.5) is 0 Å². The highest BCUT2D eigenvalue weighted by atomic mass is 16.6. The van der Waals surface area contributed by atoms with Gasteiger partial charge in [-0.25, -0.2) is 9.59 Å². The predicted octanol–water partition coefficient (Wildman–Crippen LogP) is 4.31. The first kappa shape index (κ1) is 26.8. The van der Waals surface area contributed by atoms with Crippen molar-refractivity contribution in [1.29, 1.82) is 0 Å². The lowest BCUT2D eigenvalue weighted by Gasteiger charge is -1.97. The Balaban J connectivity index is -0.000000260. The third-order valence-electron chi connectivity index (χ3n) is 2.29. The van der Waals surface area contributed by atoms with Crippen molar-refractivity contribution in [2.45, 2.75) is 52.6 Å². The van der Waals surface area contributed by atoms with Crippen molar-refractivity contribution in [1.82, 2.24) is 0 Å². The van der Waals surface area contributed by atoms with Gasteiger partial charge in [0.1, 0.15) is 0 Å². The summed E-state index contributed by atoms with van der Waals surface area (Å²) in [6, 6.07) is 0. The lowest BCUT2D eigenvalue weighted by atomic mass is 10.3. The Hall–Kier alpha value is -2.10. The number of hydrogen-bond donors (Lipinski definition) is 1. The largest absolute Gasteiger partial charge is 0.478 e. The zero-order chi connectivity index (χ0) is 19.4. The molecule has 1 saturated heterocycles. The van der Waals surface area contributed by atoms with Gasteiger partial charge in [-0.2, -0.15) is 0 Å². The second-order valence-electron chi connectivity index (χ2n) is 4.80. The quantitative estimate of drug-likeness (QED) is 0.246. The van der Waals surface area contributed by atoms with E-state index in [1.54, 1.807) is 0 Å². The topological polar surface area (TPSA) is 76.1 Å². The number of rotatable bonds is 7. The van der Waals surface area contributed by atoms with E-state index in [-0.39, 0.29) is 11.5 Å². The van der Waals surface area contributed by atoms with E-state index in [0.29, 0.717) is 12.7 Å². The Labute approximate surface area is 146 Å². The first-order chi connectivity index (χ1) is 11.3. The zero-order valence-electron chi connectivity index (χ0n) is 15.3. The molecule has 1 heterocycles. The fraction of sp³-hybridized carbons (Fsp3) is 0.526. The number of unbranched alkanes of at least 4 members (excludes halogenated alkanes) is 1. The molecular formula is C19H32O5. The van der Waals surface area contributed by atoms with Crippen LogP contribution in [0.2, 0.25) is 0 Å². The van der Waals surface area contributed by atoms with Crippen LogP contribution in [0.1, 0.15) is 46.5 Å². The summed E-state index contributed by atoms with van der Waals surface area (Å²) in [4.78, 5) is 19.9. The van der Waals surface area contributed by atoms with Crippen LogP contribution < -0.4 is 0 Å². The summed E-state index contributed by atoms with van der Waals surface area (Å²) in [5.74, 6) is -1.27. The standard InChI is InChI=1S/C7H12O2.C5H10O.C4H6O2.C3H4/c1-3-5-6-9-7(8)4-2;1-2-3-5-4-6-5;1-3(2)4(5)6;1-3-2/h4H,2-3,5-6H2,1H3;5H,2-4H2,1H3;1H2,2H3,(H,5,6);1-2H2. The summed E-state index contributed by atoms with van der Waals surface area (Å²) in [7, 11) is 0. The van der Waals surface area contributed by atoms with Crippen LogP contribution in [0.3, 0.4) is 0 Å². The number of ether oxygens (including phenoxy) is 2. The Morgan fingerprint density at radius 1 is 1.33 bits per heavy atom. The van der Waals surface area contributed by atoms with Crippen LogP contribution in [0.5, 0.6) is 0 Å². The number of carbonyl (C=O) groups excluding carboxylic acids is 1. The molecule has 5 nitrogen and oxygen atoms in total. The van der Waals surface area contributed by atoms with E-state index in [9.17, 15) is 9.59 Å². The fourth-order valence-corrected chi connectivity index (χ4v) is 0.933. The Morgan fingerprint density at radius 3 is 2.00 bits per heavy atom. The maximum atomic E-state index is 10.3. The summed E-state index contributed by atoms with van der Waals surface area (Å²) in [5, 5.41) is 7.89. The minimum Gasteiger partial charge on any atom is -0.478 e. The van der Waals surface area contributed by atoms with Crippen LogP contribution in [0.15, 0.2) is 43.7 Å². The van der Waals surface area contributed by atoms with E-state index in [1.807, 2.05) is 6.92 Å². The summed E-state index contributed by atoms with van der Waals surface area (Å²) in [6.07, 6.45) is 6.33. The van der Waals surface area contributed by atoms with Gasteiger partial charge in [-0.05, 0) is 19.8 Å². The van der Waals surface area contributed by atoms with Gasteiger partial charge in [-0.1, -0.05) is 53.0 Å². The molecule has 0 amide bonds. The van der Waals surface area contributed by atoms with E-state index < -0.39 is 5.97 Å². The molecular weight excluding hydrogens is 308 g/mol. The predicted molar refractivity (Wildman–Crippen MR) is 97.9 cm³/mol. The molecule has 1 aliphatic rings. The van der Waals surface area contributed by atoms with Gasteiger partial charge in [0.25, 0.3) is 0 Å². The second kappa shape index (κ2) is 20.9. The normalized spacial score (nSPS) is 13.0. The molecule has 1 N–H and O–H groups in total. The minimum absolute atomic E-state index is 0.176. The van der Waals surface area contributed by atoms with Crippen molar-refractivity contribution >= 4 is 11.9 Å². The lowest BCUT2D eigenvalue weighted by molar-refractivity contribution is -0.138. The van der Waals surface area contributed by atoms with Gasteiger partial charge < -0.3 is 14.6 Å². The summed E-state index contributed by atoms with van der Waals surface area (Å²) in [6.45, 7) is 19.9. The van der Waals surface area contributed by atoms with Gasteiger partial charge in [0.2, 0.25) is 0 Å². The van der Waals surface area contributed by atoms with Crippen LogP contribution >= 0.6 is 0 Å². The molecule has 0 aromatic rings. The SMILES string of the molecule is C=C(C)C(=O)O.C=C=C.C=CC(=O)OCCCC.CCCC1CO1. The number of carboxylic acids is 1. The van der Waals surface area contributed by atoms with Crippen molar-refractivity contribution in [3.05, 3.63) is 43.7 Å². The molecule has 0 saturated carbocycles. The molecule has 5 heteroatoms. The molecule has 1 aliphatic heterocycles.